The third-order valence-corrected chi connectivity index (χ3v) is 5.86. The number of nitrogens with one attached hydrogen (secondary N) is 2. The molecule has 0 bridgehead atoms. The first-order valence-corrected chi connectivity index (χ1v) is 11.8. The van der Waals surface area contributed by atoms with Crippen LogP contribution >= 0.6 is 12.6 Å². The van der Waals surface area contributed by atoms with E-state index in [9.17, 15) is 14.4 Å². The first-order valence-electron chi connectivity index (χ1n) is 11.2. The van der Waals surface area contributed by atoms with E-state index in [2.05, 4.69) is 23.3 Å². The molecule has 0 spiro atoms. The molecular formula is C26H35N3O4S. The van der Waals surface area contributed by atoms with Crippen molar-refractivity contribution in [2.24, 2.45) is 0 Å². The van der Waals surface area contributed by atoms with Gasteiger partial charge in [-0.1, -0.05) is 36.4 Å². The minimum Gasteiger partial charge on any atom is -0.444 e. The lowest BCUT2D eigenvalue weighted by atomic mass is 9.95. The van der Waals surface area contributed by atoms with Crippen LogP contribution in [0.2, 0.25) is 0 Å². The van der Waals surface area contributed by atoms with Crippen LogP contribution in [0.25, 0.3) is 0 Å². The molecule has 2 N–H and O–H groups in total. The van der Waals surface area contributed by atoms with Gasteiger partial charge in [-0.25, -0.2) is 4.79 Å². The zero-order chi connectivity index (χ0) is 25.6. The van der Waals surface area contributed by atoms with Crippen LogP contribution in [-0.4, -0.2) is 47.3 Å². The molecule has 0 saturated heterocycles. The van der Waals surface area contributed by atoms with Gasteiger partial charge >= 0.3 is 6.09 Å². The van der Waals surface area contributed by atoms with Gasteiger partial charge in [0.05, 0.1) is 0 Å². The molecule has 8 heteroatoms. The number of carbonyl (C=O) groups is 3. The van der Waals surface area contributed by atoms with E-state index in [1.54, 1.807) is 27.8 Å². The van der Waals surface area contributed by atoms with Crippen molar-refractivity contribution in [3.8, 4) is 0 Å². The molecular weight excluding hydrogens is 450 g/mol. The molecule has 0 fully saturated rings. The van der Waals surface area contributed by atoms with Gasteiger partial charge in [-0.3, -0.25) is 9.59 Å². The second kappa shape index (κ2) is 11.4. The molecule has 184 valence electrons. The van der Waals surface area contributed by atoms with Gasteiger partial charge in [0.1, 0.15) is 17.7 Å². The van der Waals surface area contributed by atoms with Crippen LogP contribution in [0.4, 0.5) is 10.5 Å². The van der Waals surface area contributed by atoms with Crippen molar-refractivity contribution in [1.82, 2.24) is 10.2 Å². The molecule has 0 aliphatic carbocycles. The summed E-state index contributed by atoms with van der Waals surface area (Å²) in [5.74, 6) is -0.762. The molecule has 0 aliphatic heterocycles. The number of aryl methyl sites for hydroxylation is 2. The van der Waals surface area contributed by atoms with Crippen LogP contribution in [-0.2, 0) is 14.3 Å². The third kappa shape index (κ3) is 7.00. The maximum absolute atomic E-state index is 13.6. The van der Waals surface area contributed by atoms with Crippen molar-refractivity contribution in [3.05, 3.63) is 64.7 Å². The minimum atomic E-state index is -0.970. The highest BCUT2D eigenvalue weighted by atomic mass is 32.1. The first-order chi connectivity index (χ1) is 15.9. The number of nitrogens with zero attached hydrogens (tertiary/aromatic N) is 1. The number of ether oxygens (including phenoxy) is 1. The number of alkyl carbamates (subject to hydrolysis) is 1. The molecule has 2 atom stereocenters. The lowest BCUT2D eigenvalue weighted by Gasteiger charge is -2.32. The molecule has 2 rings (SSSR count). The van der Waals surface area contributed by atoms with E-state index in [1.165, 1.54) is 4.90 Å². The number of amides is 3. The van der Waals surface area contributed by atoms with Crippen molar-refractivity contribution in [3.63, 3.8) is 0 Å². The zero-order valence-corrected chi connectivity index (χ0v) is 21.8. The van der Waals surface area contributed by atoms with Gasteiger partial charge in [-0.15, -0.1) is 0 Å². The fourth-order valence-corrected chi connectivity index (χ4v) is 3.77. The Labute approximate surface area is 207 Å². The molecule has 34 heavy (non-hydrogen) atoms. The number of para-hydroxylation sites is 1. The summed E-state index contributed by atoms with van der Waals surface area (Å²) in [5, 5.41) is 5.53. The van der Waals surface area contributed by atoms with Gasteiger partial charge < -0.3 is 20.3 Å². The maximum Gasteiger partial charge on any atom is 0.408 e. The van der Waals surface area contributed by atoms with Gasteiger partial charge in [-0.05, 0) is 69.9 Å². The molecule has 0 saturated carbocycles. The van der Waals surface area contributed by atoms with E-state index in [0.29, 0.717) is 11.3 Å². The Balaban J connectivity index is 2.39. The lowest BCUT2D eigenvalue weighted by molar-refractivity contribution is -0.138. The molecule has 0 heterocycles. The number of likely N-dealkylation sites (N-methyl/N-ethyl adjacent to an activating group) is 1. The van der Waals surface area contributed by atoms with E-state index in [-0.39, 0.29) is 11.7 Å². The van der Waals surface area contributed by atoms with Crippen LogP contribution < -0.4 is 10.6 Å². The van der Waals surface area contributed by atoms with Crippen LogP contribution in [0.1, 0.15) is 49.1 Å². The highest BCUT2D eigenvalue weighted by Crippen LogP contribution is 2.28. The normalized spacial score (nSPS) is 12.9. The molecule has 0 aromatic heterocycles. The fraction of sp³-hybridized carbons (Fsp3) is 0.423. The van der Waals surface area contributed by atoms with Crippen molar-refractivity contribution in [1.29, 1.82) is 0 Å². The molecule has 2 aromatic rings. The summed E-state index contributed by atoms with van der Waals surface area (Å²) in [7, 11) is 1.55. The van der Waals surface area contributed by atoms with Gasteiger partial charge in [0.25, 0.3) is 5.91 Å². The number of carbonyl (C=O) groups excluding carboxylic acids is 3. The van der Waals surface area contributed by atoms with E-state index < -0.39 is 29.7 Å². The van der Waals surface area contributed by atoms with Crippen LogP contribution in [0.15, 0.2) is 42.5 Å². The summed E-state index contributed by atoms with van der Waals surface area (Å²) in [6, 6.07) is 11.2. The van der Waals surface area contributed by atoms with Gasteiger partial charge in [-0.2, -0.15) is 12.6 Å². The van der Waals surface area contributed by atoms with Crippen LogP contribution in [0.3, 0.4) is 0 Å². The van der Waals surface area contributed by atoms with Crippen molar-refractivity contribution >= 4 is 36.2 Å². The van der Waals surface area contributed by atoms with Gasteiger partial charge in [0, 0.05) is 18.5 Å². The molecule has 3 amide bonds. The average Bonchev–Trinajstić information content (AvgIpc) is 2.75. The molecule has 0 aliphatic rings. The summed E-state index contributed by atoms with van der Waals surface area (Å²) < 4.78 is 5.29. The Bertz CT molecular complexity index is 1050. The van der Waals surface area contributed by atoms with Crippen LogP contribution in [0, 0.1) is 20.8 Å². The highest BCUT2D eigenvalue weighted by molar-refractivity contribution is 7.80. The van der Waals surface area contributed by atoms with Crippen molar-refractivity contribution < 1.29 is 19.1 Å². The highest BCUT2D eigenvalue weighted by Gasteiger charge is 2.34. The van der Waals surface area contributed by atoms with E-state index in [4.69, 9.17) is 4.74 Å². The summed E-state index contributed by atoms with van der Waals surface area (Å²) >= 11 is 4.26. The van der Waals surface area contributed by atoms with E-state index >= 15 is 0 Å². The summed E-state index contributed by atoms with van der Waals surface area (Å²) in [6.07, 6.45) is -0.721. The number of rotatable bonds is 7. The standard InChI is InChI=1S/C26H35N3O4S/c1-16-12-10-13-19(18(16)3)22(23(30)27-20-14-9-8-11-17(20)2)29(7)24(31)21(15-34)28-25(32)33-26(4,5)6/h8-14,21-22,34H,15H2,1-7H3,(H,27,30)(H,28,32). The first kappa shape index (κ1) is 27.2. The molecule has 2 aromatic carbocycles. The topological polar surface area (TPSA) is 87.7 Å². The largest absolute Gasteiger partial charge is 0.444 e. The summed E-state index contributed by atoms with van der Waals surface area (Å²) in [5.41, 5.74) is 3.48. The second-order valence-corrected chi connectivity index (χ2v) is 9.69. The predicted octanol–water partition coefficient (Wildman–Crippen LogP) is 4.57. The average molecular weight is 486 g/mol. The van der Waals surface area contributed by atoms with E-state index in [1.807, 2.05) is 63.2 Å². The second-order valence-electron chi connectivity index (χ2n) is 9.33. The lowest BCUT2D eigenvalue weighted by Crippen LogP contribution is -2.52. The Hall–Kier alpha value is -3.00. The number of thiol groups is 1. The van der Waals surface area contributed by atoms with Crippen molar-refractivity contribution in [2.75, 3.05) is 18.1 Å². The zero-order valence-electron chi connectivity index (χ0n) is 20.9. The van der Waals surface area contributed by atoms with E-state index in [0.717, 1.165) is 16.7 Å². The quantitative estimate of drug-likeness (QED) is 0.501. The molecule has 0 radical (unpaired) electrons. The number of anilines is 1. The molecule has 7 nitrogen and oxygen atoms in total. The van der Waals surface area contributed by atoms with Crippen molar-refractivity contribution in [2.45, 2.75) is 59.2 Å². The Morgan fingerprint density at radius 3 is 2.21 bits per heavy atom. The van der Waals surface area contributed by atoms with Gasteiger partial charge in [0.2, 0.25) is 5.91 Å². The Kier molecular flexibility index (Phi) is 9.15. The predicted molar refractivity (Wildman–Crippen MR) is 138 cm³/mol. The fourth-order valence-electron chi connectivity index (χ4n) is 3.52. The Morgan fingerprint density at radius 2 is 1.62 bits per heavy atom. The number of hydrogen-bond acceptors (Lipinski definition) is 5. The smallest absolute Gasteiger partial charge is 0.408 e. The monoisotopic (exact) mass is 485 g/mol. The molecule has 2 unspecified atom stereocenters. The minimum absolute atomic E-state index is 0.0430. The van der Waals surface area contributed by atoms with Crippen LogP contribution in [0.5, 0.6) is 0 Å². The Morgan fingerprint density at radius 1 is 1.00 bits per heavy atom. The summed E-state index contributed by atoms with van der Waals surface area (Å²) in [6.45, 7) is 11.0. The maximum atomic E-state index is 13.6. The SMILES string of the molecule is Cc1ccccc1NC(=O)C(c1cccc(C)c1C)N(C)C(=O)C(CS)NC(=O)OC(C)(C)C. The van der Waals surface area contributed by atoms with Gasteiger partial charge in [0.15, 0.2) is 0 Å². The third-order valence-electron chi connectivity index (χ3n) is 5.50. The number of benzene rings is 2. The number of hydrogen-bond donors (Lipinski definition) is 3. The summed E-state index contributed by atoms with van der Waals surface area (Å²) in [4.78, 5) is 40.6.